The van der Waals surface area contributed by atoms with Crippen LogP contribution in [0.25, 0.3) is 0 Å². The number of likely N-dealkylation sites (N-methyl/N-ethyl adjacent to an activating group) is 1. The zero-order valence-corrected chi connectivity index (χ0v) is 10.1. The summed E-state index contributed by atoms with van der Waals surface area (Å²) in [7, 11) is 1.37. The molecule has 0 aromatic heterocycles. The maximum absolute atomic E-state index is 10.9. The van der Waals surface area contributed by atoms with Gasteiger partial charge >= 0.3 is 5.97 Å². The fraction of sp³-hybridized carbons (Fsp3) is 0.300. The Balaban J connectivity index is 3.31. The number of nitro groups is 2. The Labute approximate surface area is 107 Å². The molecule has 1 N–H and O–H groups in total. The van der Waals surface area contributed by atoms with Crippen LogP contribution >= 0.6 is 0 Å². The molecule has 0 fully saturated rings. The van der Waals surface area contributed by atoms with Crippen LogP contribution < -0.4 is 4.90 Å². The summed E-state index contributed by atoms with van der Waals surface area (Å²) in [6.45, 7) is 1.35. The second-order valence-electron chi connectivity index (χ2n) is 3.81. The Hall–Kier alpha value is -2.71. The number of rotatable bonds is 5. The highest BCUT2D eigenvalue weighted by molar-refractivity contribution is 5.79. The van der Waals surface area contributed by atoms with Gasteiger partial charge in [-0.25, -0.2) is 4.79 Å². The van der Waals surface area contributed by atoms with E-state index in [2.05, 4.69) is 0 Å². The maximum Gasteiger partial charge on any atom is 0.326 e. The third-order valence-corrected chi connectivity index (χ3v) is 2.68. The zero-order valence-electron chi connectivity index (χ0n) is 10.1. The highest BCUT2D eigenvalue weighted by Gasteiger charge is 2.26. The first-order chi connectivity index (χ1) is 8.75. The molecule has 0 aliphatic carbocycles. The molecule has 0 saturated heterocycles. The first-order valence-corrected chi connectivity index (χ1v) is 5.14. The molecule has 9 nitrogen and oxygen atoms in total. The molecule has 0 radical (unpaired) electrons. The van der Waals surface area contributed by atoms with Crippen LogP contribution in [-0.4, -0.2) is 34.0 Å². The average molecular weight is 269 g/mol. The van der Waals surface area contributed by atoms with E-state index in [0.717, 1.165) is 18.2 Å². The molecular formula is C10H11N3O6. The molecule has 1 rings (SSSR count). The molecule has 1 aromatic carbocycles. The van der Waals surface area contributed by atoms with Gasteiger partial charge < -0.3 is 10.0 Å². The standard InChI is InChI=1S/C10H11N3O6/c1-6(10(14)15)11(2)8-4-3-7(12(16)17)5-9(8)13(18)19/h3-6H,1-2H3,(H,14,15). The molecule has 0 heterocycles. The van der Waals surface area contributed by atoms with Crippen molar-refractivity contribution >= 4 is 23.0 Å². The van der Waals surface area contributed by atoms with Crippen molar-refractivity contribution in [3.63, 3.8) is 0 Å². The lowest BCUT2D eigenvalue weighted by molar-refractivity contribution is -0.393. The Kier molecular flexibility index (Phi) is 4.00. The SMILES string of the molecule is CC(C(=O)O)N(C)c1ccc([N+](=O)[O-])cc1[N+](=O)[O-]. The van der Waals surface area contributed by atoms with Crippen LogP contribution in [0.15, 0.2) is 18.2 Å². The first kappa shape index (κ1) is 14.4. The smallest absolute Gasteiger partial charge is 0.326 e. The minimum atomic E-state index is -1.16. The van der Waals surface area contributed by atoms with E-state index in [1.807, 2.05) is 0 Å². The minimum absolute atomic E-state index is 0.00509. The van der Waals surface area contributed by atoms with Gasteiger partial charge in [-0.1, -0.05) is 0 Å². The molecular weight excluding hydrogens is 258 g/mol. The first-order valence-electron chi connectivity index (χ1n) is 5.14. The fourth-order valence-corrected chi connectivity index (χ4v) is 1.44. The number of hydrogen-bond acceptors (Lipinski definition) is 6. The second kappa shape index (κ2) is 5.29. The van der Waals surface area contributed by atoms with E-state index in [4.69, 9.17) is 5.11 Å². The molecule has 1 atom stereocenters. The number of aliphatic carboxylic acids is 1. The Morgan fingerprint density at radius 2 is 1.89 bits per heavy atom. The minimum Gasteiger partial charge on any atom is -0.480 e. The highest BCUT2D eigenvalue weighted by Crippen LogP contribution is 2.32. The molecule has 0 bridgehead atoms. The summed E-state index contributed by atoms with van der Waals surface area (Å²) in [6.07, 6.45) is 0. The van der Waals surface area contributed by atoms with Gasteiger partial charge in [0.15, 0.2) is 0 Å². The van der Waals surface area contributed by atoms with Gasteiger partial charge in [0.1, 0.15) is 11.7 Å². The number of carboxylic acid groups (broad SMARTS) is 1. The van der Waals surface area contributed by atoms with Crippen molar-refractivity contribution in [1.29, 1.82) is 0 Å². The van der Waals surface area contributed by atoms with Crippen molar-refractivity contribution < 1.29 is 19.7 Å². The second-order valence-corrected chi connectivity index (χ2v) is 3.81. The molecule has 9 heteroatoms. The van der Waals surface area contributed by atoms with E-state index in [1.165, 1.54) is 18.9 Å². The fourth-order valence-electron chi connectivity index (χ4n) is 1.44. The van der Waals surface area contributed by atoms with Crippen LogP contribution in [0.5, 0.6) is 0 Å². The lowest BCUT2D eigenvalue weighted by Gasteiger charge is -2.23. The third kappa shape index (κ3) is 2.94. The summed E-state index contributed by atoms with van der Waals surface area (Å²) in [6, 6.07) is 2.06. The van der Waals surface area contributed by atoms with Gasteiger partial charge in [0.2, 0.25) is 0 Å². The van der Waals surface area contributed by atoms with Crippen molar-refractivity contribution in [2.45, 2.75) is 13.0 Å². The van der Waals surface area contributed by atoms with Crippen LogP contribution in [-0.2, 0) is 4.79 Å². The van der Waals surface area contributed by atoms with E-state index < -0.39 is 33.2 Å². The summed E-state index contributed by atoms with van der Waals surface area (Å²) in [4.78, 5) is 32.0. The number of carbonyl (C=O) groups is 1. The lowest BCUT2D eigenvalue weighted by Crippen LogP contribution is -2.36. The molecule has 0 saturated carbocycles. The van der Waals surface area contributed by atoms with E-state index in [-0.39, 0.29) is 5.69 Å². The monoisotopic (exact) mass is 269 g/mol. The van der Waals surface area contributed by atoms with Crippen LogP contribution in [0.3, 0.4) is 0 Å². The topological polar surface area (TPSA) is 127 Å². The molecule has 19 heavy (non-hydrogen) atoms. The predicted molar refractivity (Wildman–Crippen MR) is 65.3 cm³/mol. The van der Waals surface area contributed by atoms with Gasteiger partial charge in [-0.3, -0.25) is 20.2 Å². The highest BCUT2D eigenvalue weighted by atomic mass is 16.6. The van der Waals surface area contributed by atoms with Crippen LogP contribution in [0.1, 0.15) is 6.92 Å². The van der Waals surface area contributed by atoms with Crippen molar-refractivity contribution in [3.05, 3.63) is 38.4 Å². The van der Waals surface area contributed by atoms with Gasteiger partial charge in [-0.2, -0.15) is 0 Å². The van der Waals surface area contributed by atoms with Crippen molar-refractivity contribution in [2.75, 3.05) is 11.9 Å². The number of nitro benzene ring substituents is 2. The number of nitrogens with zero attached hydrogens (tertiary/aromatic N) is 3. The summed E-state index contributed by atoms with van der Waals surface area (Å²) >= 11 is 0. The van der Waals surface area contributed by atoms with Gasteiger partial charge in [0.05, 0.1) is 15.9 Å². The van der Waals surface area contributed by atoms with Crippen LogP contribution in [0.4, 0.5) is 17.1 Å². The molecule has 0 amide bonds. The van der Waals surface area contributed by atoms with Crippen molar-refractivity contribution in [2.24, 2.45) is 0 Å². The number of anilines is 1. The summed E-state index contributed by atoms with van der Waals surface area (Å²) in [5, 5.41) is 30.3. The average Bonchev–Trinajstić information content (AvgIpc) is 2.35. The lowest BCUT2D eigenvalue weighted by atomic mass is 10.2. The van der Waals surface area contributed by atoms with E-state index in [1.54, 1.807) is 0 Å². The predicted octanol–water partition coefficient (Wildman–Crippen LogP) is 1.41. The quantitative estimate of drug-likeness (QED) is 0.632. The zero-order chi connectivity index (χ0) is 14.7. The van der Waals surface area contributed by atoms with Gasteiger partial charge in [0.25, 0.3) is 11.4 Å². The Morgan fingerprint density at radius 1 is 1.32 bits per heavy atom. The molecule has 0 spiro atoms. The van der Waals surface area contributed by atoms with Crippen LogP contribution in [0, 0.1) is 20.2 Å². The Bertz CT molecular complexity index is 544. The molecule has 1 aromatic rings. The van der Waals surface area contributed by atoms with E-state index >= 15 is 0 Å². The molecule has 0 aliphatic rings. The van der Waals surface area contributed by atoms with Gasteiger partial charge in [-0.05, 0) is 13.0 Å². The molecule has 102 valence electrons. The van der Waals surface area contributed by atoms with Gasteiger partial charge in [0, 0.05) is 13.1 Å². The van der Waals surface area contributed by atoms with E-state index in [9.17, 15) is 25.0 Å². The normalized spacial score (nSPS) is 11.7. The maximum atomic E-state index is 10.9. The van der Waals surface area contributed by atoms with Crippen LogP contribution in [0.2, 0.25) is 0 Å². The van der Waals surface area contributed by atoms with Crippen molar-refractivity contribution in [3.8, 4) is 0 Å². The number of carboxylic acids is 1. The third-order valence-electron chi connectivity index (χ3n) is 2.68. The number of non-ortho nitro benzene ring substituents is 1. The molecule has 0 aliphatic heterocycles. The summed E-state index contributed by atoms with van der Waals surface area (Å²) in [5.41, 5.74) is -0.929. The Morgan fingerprint density at radius 3 is 2.32 bits per heavy atom. The largest absolute Gasteiger partial charge is 0.480 e. The van der Waals surface area contributed by atoms with Crippen molar-refractivity contribution in [1.82, 2.24) is 0 Å². The summed E-state index contributed by atoms with van der Waals surface area (Å²) < 4.78 is 0. The van der Waals surface area contributed by atoms with E-state index in [0.29, 0.717) is 0 Å². The summed E-state index contributed by atoms with van der Waals surface area (Å²) in [5.74, 6) is -1.16. The number of benzene rings is 1. The molecule has 1 unspecified atom stereocenters. The van der Waals surface area contributed by atoms with Gasteiger partial charge in [-0.15, -0.1) is 0 Å². The number of hydrogen-bond donors (Lipinski definition) is 1.